The van der Waals surface area contributed by atoms with Crippen LogP contribution in [-0.4, -0.2) is 23.0 Å². The van der Waals surface area contributed by atoms with E-state index in [1.807, 2.05) is 0 Å². The zero-order valence-electron chi connectivity index (χ0n) is 11.2. The molecule has 20 heavy (non-hydrogen) atoms. The molecular weight excluding hydrogens is 258 g/mol. The number of carboxylic acids is 1. The molecule has 1 aliphatic carbocycles. The minimum Gasteiger partial charge on any atom is -0.481 e. The van der Waals surface area contributed by atoms with Crippen molar-refractivity contribution >= 4 is 18.0 Å². The van der Waals surface area contributed by atoms with Crippen LogP contribution < -0.4 is 5.32 Å². The number of amides is 1. The van der Waals surface area contributed by atoms with Gasteiger partial charge in [-0.25, -0.2) is 0 Å². The molecule has 2 atom stereocenters. The topological polar surface area (TPSA) is 79.5 Å². The van der Waals surface area contributed by atoms with E-state index < -0.39 is 11.9 Å². The predicted molar refractivity (Wildman–Crippen MR) is 73.9 cm³/mol. The number of aliphatic carboxylic acids is 1. The molecule has 1 amide bonds. The average Bonchev–Trinajstić information content (AvgIpc) is 2.82. The molecule has 0 saturated heterocycles. The third-order valence-corrected chi connectivity index (χ3v) is 3.60. The second-order valence-electron chi connectivity index (χ2n) is 5.05. The molecule has 0 radical (unpaired) electrons. The van der Waals surface area contributed by atoms with Gasteiger partial charge in [-0.2, -0.15) is 0 Å². The van der Waals surface area contributed by atoms with Gasteiger partial charge in [0.2, 0.25) is 5.91 Å². The van der Waals surface area contributed by atoms with Gasteiger partial charge >= 0.3 is 5.97 Å². The maximum atomic E-state index is 11.9. The van der Waals surface area contributed by atoms with Crippen LogP contribution in [0.2, 0.25) is 0 Å². The largest absolute Gasteiger partial charge is 0.481 e. The van der Waals surface area contributed by atoms with E-state index in [2.05, 4.69) is 5.32 Å². The van der Waals surface area contributed by atoms with Crippen molar-refractivity contribution in [2.75, 3.05) is 0 Å². The molecule has 1 aromatic heterocycles. The quantitative estimate of drug-likeness (QED) is 0.654. The van der Waals surface area contributed by atoms with E-state index in [0.717, 1.165) is 25.7 Å². The fourth-order valence-corrected chi connectivity index (χ4v) is 2.55. The monoisotopic (exact) mass is 277 g/mol. The van der Waals surface area contributed by atoms with Gasteiger partial charge in [-0.1, -0.05) is 19.3 Å². The molecule has 2 rings (SSSR count). The van der Waals surface area contributed by atoms with Crippen LogP contribution >= 0.6 is 0 Å². The molecule has 0 spiro atoms. The molecule has 1 aliphatic rings. The molecule has 0 aromatic carbocycles. The molecule has 1 heterocycles. The normalized spacial score (nSPS) is 23.4. The Kier molecular flexibility index (Phi) is 4.98. The lowest BCUT2D eigenvalue weighted by Crippen LogP contribution is -2.42. The van der Waals surface area contributed by atoms with Crippen LogP contribution in [0.15, 0.2) is 28.9 Å². The van der Waals surface area contributed by atoms with E-state index in [4.69, 9.17) is 4.42 Å². The Morgan fingerprint density at radius 3 is 2.80 bits per heavy atom. The van der Waals surface area contributed by atoms with Crippen molar-refractivity contribution in [1.29, 1.82) is 0 Å². The molecule has 5 heteroatoms. The Hall–Kier alpha value is -2.04. The van der Waals surface area contributed by atoms with Crippen molar-refractivity contribution in [3.05, 3.63) is 30.2 Å². The molecule has 108 valence electrons. The zero-order valence-corrected chi connectivity index (χ0v) is 11.2. The second kappa shape index (κ2) is 6.93. The van der Waals surface area contributed by atoms with Gasteiger partial charge in [0, 0.05) is 12.1 Å². The van der Waals surface area contributed by atoms with Crippen LogP contribution in [0, 0.1) is 5.92 Å². The summed E-state index contributed by atoms with van der Waals surface area (Å²) in [5, 5.41) is 12.0. The number of rotatable bonds is 4. The van der Waals surface area contributed by atoms with Gasteiger partial charge in [0.1, 0.15) is 5.76 Å². The summed E-state index contributed by atoms with van der Waals surface area (Å²) in [5.74, 6) is -0.999. The smallest absolute Gasteiger partial charge is 0.308 e. The summed E-state index contributed by atoms with van der Waals surface area (Å²) in [6.45, 7) is 0. The average molecular weight is 277 g/mol. The number of hydrogen-bond donors (Lipinski definition) is 2. The Morgan fingerprint density at radius 2 is 2.10 bits per heavy atom. The molecule has 1 aromatic rings. The van der Waals surface area contributed by atoms with Gasteiger partial charge in [-0.15, -0.1) is 0 Å². The lowest BCUT2D eigenvalue weighted by atomic mass is 9.95. The van der Waals surface area contributed by atoms with E-state index in [1.165, 1.54) is 12.3 Å². The van der Waals surface area contributed by atoms with Crippen molar-refractivity contribution in [3.63, 3.8) is 0 Å². The van der Waals surface area contributed by atoms with Crippen molar-refractivity contribution in [2.24, 2.45) is 5.92 Å². The summed E-state index contributed by atoms with van der Waals surface area (Å²) < 4.78 is 5.09. The first-order valence-electron chi connectivity index (χ1n) is 6.91. The summed E-state index contributed by atoms with van der Waals surface area (Å²) in [7, 11) is 0. The van der Waals surface area contributed by atoms with Gasteiger partial charge in [0.05, 0.1) is 12.2 Å². The number of carboxylic acid groups (broad SMARTS) is 1. The minimum absolute atomic E-state index is 0.278. The van der Waals surface area contributed by atoms with E-state index in [0.29, 0.717) is 12.2 Å². The van der Waals surface area contributed by atoms with Crippen LogP contribution in [0.4, 0.5) is 0 Å². The Balaban J connectivity index is 1.95. The Morgan fingerprint density at radius 1 is 1.30 bits per heavy atom. The van der Waals surface area contributed by atoms with Crippen LogP contribution in [0.3, 0.4) is 0 Å². The van der Waals surface area contributed by atoms with Gasteiger partial charge < -0.3 is 14.8 Å². The summed E-state index contributed by atoms with van der Waals surface area (Å²) in [6.07, 6.45) is 8.72. The first-order chi connectivity index (χ1) is 9.66. The highest BCUT2D eigenvalue weighted by Crippen LogP contribution is 2.23. The predicted octanol–water partition coefficient (Wildman–Crippen LogP) is 2.44. The Bertz CT molecular complexity index is 478. The molecule has 2 unspecified atom stereocenters. The van der Waals surface area contributed by atoms with E-state index >= 15 is 0 Å². The number of hydrogen-bond acceptors (Lipinski definition) is 3. The molecular formula is C15H19NO4. The lowest BCUT2D eigenvalue weighted by molar-refractivity contribution is -0.143. The highest BCUT2D eigenvalue weighted by Gasteiger charge is 2.30. The van der Waals surface area contributed by atoms with Crippen molar-refractivity contribution in [3.8, 4) is 0 Å². The molecule has 1 saturated carbocycles. The van der Waals surface area contributed by atoms with Gasteiger partial charge in [-0.05, 0) is 31.1 Å². The van der Waals surface area contributed by atoms with Crippen LogP contribution in [-0.2, 0) is 9.59 Å². The number of furan rings is 1. The van der Waals surface area contributed by atoms with E-state index in [9.17, 15) is 14.7 Å². The van der Waals surface area contributed by atoms with E-state index in [-0.39, 0.29) is 11.9 Å². The van der Waals surface area contributed by atoms with Gasteiger partial charge in [-0.3, -0.25) is 9.59 Å². The van der Waals surface area contributed by atoms with Crippen LogP contribution in [0.25, 0.3) is 6.08 Å². The summed E-state index contributed by atoms with van der Waals surface area (Å²) in [5.41, 5.74) is 0. The van der Waals surface area contributed by atoms with Crippen molar-refractivity contribution in [2.45, 2.75) is 38.1 Å². The Labute approximate surface area is 117 Å². The molecule has 1 fully saturated rings. The summed E-state index contributed by atoms with van der Waals surface area (Å²) in [4.78, 5) is 23.1. The second-order valence-corrected chi connectivity index (χ2v) is 5.05. The third kappa shape index (κ3) is 3.98. The van der Waals surface area contributed by atoms with Crippen molar-refractivity contribution < 1.29 is 19.1 Å². The first kappa shape index (κ1) is 14.4. The molecule has 0 aliphatic heterocycles. The lowest BCUT2D eigenvalue weighted by Gasteiger charge is -2.22. The fraction of sp³-hybridized carbons (Fsp3) is 0.467. The standard InChI is InChI=1S/C15H19NO4/c17-14(9-8-11-5-4-10-20-11)16-13-7-3-1-2-6-12(13)15(18)19/h4-5,8-10,12-13H,1-3,6-7H2,(H,16,17)(H,18,19)/b9-8+. The number of nitrogens with one attached hydrogen (secondary N) is 1. The van der Waals surface area contributed by atoms with Crippen molar-refractivity contribution in [1.82, 2.24) is 5.32 Å². The number of carbonyl (C=O) groups is 2. The summed E-state index contributed by atoms with van der Waals surface area (Å²) in [6, 6.07) is 3.20. The van der Waals surface area contributed by atoms with Crippen LogP contribution in [0.1, 0.15) is 37.9 Å². The van der Waals surface area contributed by atoms with E-state index in [1.54, 1.807) is 18.2 Å². The minimum atomic E-state index is -0.827. The molecule has 2 N–H and O–H groups in total. The highest BCUT2D eigenvalue weighted by atomic mass is 16.4. The third-order valence-electron chi connectivity index (χ3n) is 3.60. The SMILES string of the molecule is O=C(/C=C/c1ccco1)NC1CCCCCC1C(=O)O. The van der Waals surface area contributed by atoms with Gasteiger partial charge in [0.25, 0.3) is 0 Å². The number of carbonyl (C=O) groups excluding carboxylic acids is 1. The van der Waals surface area contributed by atoms with Gasteiger partial charge in [0.15, 0.2) is 0 Å². The molecule has 0 bridgehead atoms. The first-order valence-corrected chi connectivity index (χ1v) is 6.91. The zero-order chi connectivity index (χ0) is 14.4. The fourth-order valence-electron chi connectivity index (χ4n) is 2.55. The summed E-state index contributed by atoms with van der Waals surface area (Å²) >= 11 is 0. The maximum absolute atomic E-state index is 11.9. The van der Waals surface area contributed by atoms with Crippen LogP contribution in [0.5, 0.6) is 0 Å². The maximum Gasteiger partial charge on any atom is 0.308 e. The molecule has 5 nitrogen and oxygen atoms in total. The highest BCUT2D eigenvalue weighted by molar-refractivity contribution is 5.91.